The van der Waals surface area contributed by atoms with Gasteiger partial charge in [-0.15, -0.1) is 0 Å². The molecule has 0 atom stereocenters. The Morgan fingerprint density at radius 2 is 2.17 bits per heavy atom. The standard InChI is InChI=1S/C19H20N2O2S/c1-13-20-17-7-6-15(10-18(17)23-13)19(22)21(16-4-2-3-5-16)11-14-8-9-24-12-14/h6-10,12,16H,2-5,11H2,1H3. The molecule has 0 spiro atoms. The van der Waals surface area contributed by atoms with E-state index in [-0.39, 0.29) is 5.91 Å². The Morgan fingerprint density at radius 1 is 1.33 bits per heavy atom. The second kappa shape index (κ2) is 6.40. The first-order valence-corrected chi connectivity index (χ1v) is 9.34. The molecule has 1 aliphatic carbocycles. The van der Waals surface area contributed by atoms with Gasteiger partial charge < -0.3 is 9.32 Å². The van der Waals surface area contributed by atoms with E-state index in [1.165, 1.54) is 18.4 Å². The quantitative estimate of drug-likeness (QED) is 0.686. The molecule has 124 valence electrons. The van der Waals surface area contributed by atoms with Gasteiger partial charge >= 0.3 is 0 Å². The van der Waals surface area contributed by atoms with Gasteiger partial charge in [-0.3, -0.25) is 4.79 Å². The number of aryl methyl sites for hydroxylation is 1. The summed E-state index contributed by atoms with van der Waals surface area (Å²) >= 11 is 1.68. The van der Waals surface area contributed by atoms with Crippen LogP contribution < -0.4 is 0 Å². The molecule has 2 heterocycles. The van der Waals surface area contributed by atoms with E-state index >= 15 is 0 Å². The Bertz CT molecular complexity index is 848. The van der Waals surface area contributed by atoms with Crippen molar-refractivity contribution in [3.63, 3.8) is 0 Å². The van der Waals surface area contributed by atoms with E-state index in [0.717, 1.165) is 18.4 Å². The number of amides is 1. The smallest absolute Gasteiger partial charge is 0.254 e. The summed E-state index contributed by atoms with van der Waals surface area (Å²) in [5.41, 5.74) is 3.37. The average molecular weight is 340 g/mol. The fourth-order valence-corrected chi connectivity index (χ4v) is 4.16. The van der Waals surface area contributed by atoms with Gasteiger partial charge in [-0.25, -0.2) is 4.98 Å². The van der Waals surface area contributed by atoms with Crippen LogP contribution in [0.2, 0.25) is 0 Å². The zero-order chi connectivity index (χ0) is 16.5. The Morgan fingerprint density at radius 3 is 2.92 bits per heavy atom. The van der Waals surface area contributed by atoms with Gasteiger partial charge in [0.05, 0.1) is 0 Å². The Hall–Kier alpha value is -2.14. The SMILES string of the molecule is Cc1nc2ccc(C(=O)N(Cc3ccsc3)C3CCCC3)cc2o1. The van der Waals surface area contributed by atoms with Gasteiger partial charge in [0.2, 0.25) is 0 Å². The van der Waals surface area contributed by atoms with Crippen LogP contribution in [0.5, 0.6) is 0 Å². The molecule has 3 aromatic rings. The number of oxazole rings is 1. The fourth-order valence-electron chi connectivity index (χ4n) is 3.50. The first kappa shape index (κ1) is 15.4. The molecular formula is C19H20N2O2S. The molecule has 2 aromatic heterocycles. The number of nitrogens with zero attached hydrogens (tertiary/aromatic N) is 2. The Labute approximate surface area is 145 Å². The van der Waals surface area contributed by atoms with Gasteiger partial charge in [0.15, 0.2) is 11.5 Å². The lowest BCUT2D eigenvalue weighted by atomic mass is 10.1. The third-order valence-electron chi connectivity index (χ3n) is 4.70. The second-order valence-corrected chi connectivity index (χ2v) is 7.20. The monoisotopic (exact) mass is 340 g/mol. The molecule has 0 N–H and O–H groups in total. The van der Waals surface area contributed by atoms with Crippen molar-refractivity contribution in [1.29, 1.82) is 0 Å². The van der Waals surface area contributed by atoms with Crippen LogP contribution in [-0.4, -0.2) is 21.8 Å². The summed E-state index contributed by atoms with van der Waals surface area (Å²) in [7, 11) is 0. The van der Waals surface area contributed by atoms with Crippen molar-refractivity contribution in [2.45, 2.75) is 45.2 Å². The number of rotatable bonds is 4. The van der Waals surface area contributed by atoms with Gasteiger partial charge in [0.25, 0.3) is 5.91 Å². The lowest BCUT2D eigenvalue weighted by Crippen LogP contribution is -2.38. The van der Waals surface area contributed by atoms with Gasteiger partial charge in [0, 0.05) is 25.1 Å². The van der Waals surface area contributed by atoms with Gasteiger partial charge in [-0.1, -0.05) is 12.8 Å². The van der Waals surface area contributed by atoms with Crippen molar-refractivity contribution in [2.24, 2.45) is 0 Å². The second-order valence-electron chi connectivity index (χ2n) is 6.42. The van der Waals surface area contributed by atoms with E-state index in [4.69, 9.17) is 4.42 Å². The number of fused-ring (bicyclic) bond motifs is 1. The lowest BCUT2D eigenvalue weighted by molar-refractivity contribution is 0.0665. The molecule has 1 amide bonds. The van der Waals surface area contributed by atoms with Crippen LogP contribution in [0.25, 0.3) is 11.1 Å². The van der Waals surface area contributed by atoms with Crippen molar-refractivity contribution in [3.8, 4) is 0 Å². The predicted octanol–water partition coefficient (Wildman–Crippen LogP) is 4.78. The minimum Gasteiger partial charge on any atom is -0.441 e. The maximum Gasteiger partial charge on any atom is 0.254 e. The minimum absolute atomic E-state index is 0.0871. The summed E-state index contributed by atoms with van der Waals surface area (Å²) in [4.78, 5) is 19.5. The molecule has 0 aliphatic heterocycles. The van der Waals surface area contributed by atoms with Crippen molar-refractivity contribution < 1.29 is 9.21 Å². The molecule has 1 aromatic carbocycles. The van der Waals surface area contributed by atoms with Crippen molar-refractivity contribution in [1.82, 2.24) is 9.88 Å². The number of thiophene rings is 1. The molecule has 24 heavy (non-hydrogen) atoms. The van der Waals surface area contributed by atoms with E-state index in [1.54, 1.807) is 11.3 Å². The summed E-state index contributed by atoms with van der Waals surface area (Å²) in [5.74, 6) is 0.713. The Balaban J connectivity index is 1.65. The first-order valence-electron chi connectivity index (χ1n) is 8.40. The van der Waals surface area contributed by atoms with E-state index in [0.29, 0.717) is 29.6 Å². The van der Waals surface area contributed by atoms with Crippen molar-refractivity contribution >= 4 is 28.3 Å². The molecule has 0 unspecified atom stereocenters. The normalized spacial score (nSPS) is 15.2. The molecule has 0 radical (unpaired) electrons. The summed E-state index contributed by atoms with van der Waals surface area (Å²) < 4.78 is 5.59. The zero-order valence-corrected chi connectivity index (χ0v) is 14.5. The molecule has 0 saturated heterocycles. The molecular weight excluding hydrogens is 320 g/mol. The average Bonchev–Trinajstić information content (AvgIpc) is 3.31. The van der Waals surface area contributed by atoms with Crippen LogP contribution in [-0.2, 0) is 6.54 Å². The summed E-state index contributed by atoms with van der Waals surface area (Å²) in [5, 5.41) is 4.19. The molecule has 0 bridgehead atoms. The van der Waals surface area contributed by atoms with Crippen LogP contribution >= 0.6 is 11.3 Å². The van der Waals surface area contributed by atoms with Gasteiger partial charge in [-0.05, 0) is 53.4 Å². The highest BCUT2D eigenvalue weighted by atomic mass is 32.1. The number of hydrogen-bond acceptors (Lipinski definition) is 4. The molecule has 4 rings (SSSR count). The number of carbonyl (C=O) groups is 1. The van der Waals surface area contributed by atoms with Crippen LogP contribution in [0.1, 0.15) is 47.5 Å². The van der Waals surface area contributed by atoms with Gasteiger partial charge in [0.1, 0.15) is 5.52 Å². The molecule has 1 aliphatic rings. The van der Waals surface area contributed by atoms with E-state index in [1.807, 2.05) is 30.0 Å². The highest BCUT2D eigenvalue weighted by Crippen LogP contribution is 2.28. The lowest BCUT2D eigenvalue weighted by Gasteiger charge is -2.29. The number of aromatic nitrogens is 1. The molecule has 5 heteroatoms. The topological polar surface area (TPSA) is 46.3 Å². The molecule has 4 nitrogen and oxygen atoms in total. The van der Waals surface area contributed by atoms with Crippen molar-refractivity contribution in [3.05, 3.63) is 52.0 Å². The van der Waals surface area contributed by atoms with E-state index in [2.05, 4.69) is 21.8 Å². The minimum atomic E-state index is 0.0871. The largest absolute Gasteiger partial charge is 0.441 e. The van der Waals surface area contributed by atoms with Crippen LogP contribution in [0, 0.1) is 6.92 Å². The summed E-state index contributed by atoms with van der Waals surface area (Å²) in [6.07, 6.45) is 4.61. The fraction of sp³-hybridized carbons (Fsp3) is 0.368. The molecule has 1 fully saturated rings. The van der Waals surface area contributed by atoms with Crippen LogP contribution in [0.4, 0.5) is 0 Å². The third kappa shape index (κ3) is 2.96. The first-order chi connectivity index (χ1) is 11.7. The highest BCUT2D eigenvalue weighted by molar-refractivity contribution is 7.07. The zero-order valence-electron chi connectivity index (χ0n) is 13.7. The van der Waals surface area contributed by atoms with E-state index in [9.17, 15) is 4.79 Å². The van der Waals surface area contributed by atoms with Gasteiger partial charge in [-0.2, -0.15) is 11.3 Å². The number of carbonyl (C=O) groups excluding carboxylic acids is 1. The van der Waals surface area contributed by atoms with Crippen LogP contribution in [0.15, 0.2) is 39.4 Å². The van der Waals surface area contributed by atoms with Crippen LogP contribution in [0.3, 0.4) is 0 Å². The summed E-state index contributed by atoms with van der Waals surface area (Å²) in [6, 6.07) is 8.00. The number of hydrogen-bond donors (Lipinski definition) is 0. The number of benzene rings is 1. The predicted molar refractivity (Wildman–Crippen MR) is 95.2 cm³/mol. The third-order valence-corrected chi connectivity index (χ3v) is 5.43. The Kier molecular flexibility index (Phi) is 4.10. The van der Waals surface area contributed by atoms with E-state index < -0.39 is 0 Å². The van der Waals surface area contributed by atoms with Crippen molar-refractivity contribution in [2.75, 3.05) is 0 Å². The molecule has 1 saturated carbocycles. The maximum absolute atomic E-state index is 13.2. The highest BCUT2D eigenvalue weighted by Gasteiger charge is 2.28. The maximum atomic E-state index is 13.2. The summed E-state index contributed by atoms with van der Waals surface area (Å²) in [6.45, 7) is 2.50.